The second-order valence-electron chi connectivity index (χ2n) is 11.0. The number of unbranched alkanes of at least 4 members (excludes halogenated alkanes) is 3. The van der Waals surface area contributed by atoms with E-state index in [1.807, 2.05) is 13.8 Å². The molecular formula is C30H60O3. The van der Waals surface area contributed by atoms with Crippen LogP contribution in [0.5, 0.6) is 0 Å². The molecule has 198 valence electrons. The van der Waals surface area contributed by atoms with E-state index < -0.39 is 0 Å². The van der Waals surface area contributed by atoms with Crippen LogP contribution < -0.4 is 0 Å². The van der Waals surface area contributed by atoms with E-state index in [-0.39, 0.29) is 22.3 Å². The van der Waals surface area contributed by atoms with Crippen molar-refractivity contribution in [3.8, 4) is 0 Å². The first kappa shape index (κ1) is 32.6. The molecule has 4 saturated carbocycles. The molecule has 0 spiro atoms. The van der Waals surface area contributed by atoms with E-state index in [0.717, 1.165) is 62.9 Å². The summed E-state index contributed by atoms with van der Waals surface area (Å²) in [6, 6.07) is 0. The maximum Gasteiger partial charge on any atom is 0.133 e. The summed E-state index contributed by atoms with van der Waals surface area (Å²) in [7, 11) is 0. The number of hydrogen-bond acceptors (Lipinski definition) is 3. The molecule has 0 aromatic carbocycles. The minimum Gasteiger partial charge on any atom is -0.396 e. The predicted octanol–water partition coefficient (Wildman–Crippen LogP) is 8.47. The van der Waals surface area contributed by atoms with Crippen LogP contribution in [0, 0.1) is 34.5 Å². The maximum atomic E-state index is 12.1. The molecule has 3 heteroatoms. The molecule has 33 heavy (non-hydrogen) atoms. The molecule has 4 rings (SSSR count). The molecule has 0 bridgehead atoms. The molecule has 0 amide bonds. The van der Waals surface area contributed by atoms with Crippen LogP contribution >= 0.6 is 0 Å². The zero-order valence-corrected chi connectivity index (χ0v) is 20.3. The number of ketones is 1. The summed E-state index contributed by atoms with van der Waals surface area (Å²) in [5.41, 5.74) is 0.795. The van der Waals surface area contributed by atoms with E-state index in [0.29, 0.717) is 35.2 Å². The minimum absolute atomic E-state index is 0. The topological polar surface area (TPSA) is 46.5 Å². The molecule has 3 nitrogen and oxygen atoms in total. The fourth-order valence-corrected chi connectivity index (χ4v) is 8.06. The van der Waals surface area contributed by atoms with Gasteiger partial charge in [-0.2, -0.15) is 0 Å². The average Bonchev–Trinajstić information content (AvgIpc) is 3.09. The van der Waals surface area contributed by atoms with E-state index in [2.05, 4.69) is 13.8 Å². The monoisotopic (exact) mass is 468 g/mol. The van der Waals surface area contributed by atoms with Crippen molar-refractivity contribution in [2.24, 2.45) is 34.5 Å². The van der Waals surface area contributed by atoms with Gasteiger partial charge in [0.05, 0.1) is 6.10 Å². The number of Topliss-reactive ketones (excluding diaryl/α,β-unsaturated/α-hetero) is 1. The maximum absolute atomic E-state index is 12.1. The standard InChI is InChI=1S/C25H42O3.C2H6.3CH4/c1-24-13-11-19(27)17-18(24)7-8-20-21-9-10-23(25(21,2)14-12-22(20)24)28-16-6-4-3-5-15-26;1-2;;;/h18,20-23,26H,3-17H2,1-2H3;1-2H3;3*1H4. The van der Waals surface area contributed by atoms with Crippen LogP contribution in [-0.2, 0) is 9.53 Å². The minimum atomic E-state index is 0. The van der Waals surface area contributed by atoms with E-state index >= 15 is 0 Å². The molecule has 0 aliphatic heterocycles. The molecule has 0 radical (unpaired) electrons. The van der Waals surface area contributed by atoms with Gasteiger partial charge in [0.2, 0.25) is 0 Å². The normalized spacial score (nSPS) is 38.7. The zero-order chi connectivity index (χ0) is 21.8. The summed E-state index contributed by atoms with van der Waals surface area (Å²) >= 11 is 0. The van der Waals surface area contributed by atoms with Gasteiger partial charge in [-0.25, -0.2) is 0 Å². The van der Waals surface area contributed by atoms with Crippen molar-refractivity contribution in [1.29, 1.82) is 0 Å². The van der Waals surface area contributed by atoms with Gasteiger partial charge in [-0.3, -0.25) is 4.79 Å². The fraction of sp³-hybridized carbons (Fsp3) is 0.967. The largest absolute Gasteiger partial charge is 0.396 e. The van der Waals surface area contributed by atoms with Crippen LogP contribution in [0.3, 0.4) is 0 Å². The van der Waals surface area contributed by atoms with E-state index in [4.69, 9.17) is 9.84 Å². The van der Waals surface area contributed by atoms with Crippen molar-refractivity contribution in [3.63, 3.8) is 0 Å². The molecule has 4 aliphatic rings. The van der Waals surface area contributed by atoms with E-state index in [1.165, 1.54) is 44.9 Å². The molecule has 0 saturated heterocycles. The lowest BCUT2D eigenvalue weighted by Gasteiger charge is -2.60. The van der Waals surface area contributed by atoms with Crippen LogP contribution in [0.25, 0.3) is 0 Å². The highest BCUT2D eigenvalue weighted by Gasteiger charge is 2.60. The Balaban J connectivity index is 0.00000199. The summed E-state index contributed by atoms with van der Waals surface area (Å²) in [5.74, 6) is 3.73. The summed E-state index contributed by atoms with van der Waals surface area (Å²) in [4.78, 5) is 12.1. The molecule has 4 fully saturated rings. The number of aliphatic hydroxyl groups excluding tert-OH is 1. The van der Waals surface area contributed by atoms with E-state index in [1.54, 1.807) is 0 Å². The Hall–Kier alpha value is -0.410. The molecule has 7 atom stereocenters. The van der Waals surface area contributed by atoms with Gasteiger partial charge in [-0.1, -0.05) is 62.8 Å². The van der Waals surface area contributed by atoms with Crippen LogP contribution in [0.15, 0.2) is 0 Å². The second-order valence-corrected chi connectivity index (χ2v) is 11.0. The molecular weight excluding hydrogens is 408 g/mol. The molecule has 1 N–H and O–H groups in total. The molecule has 0 aromatic rings. The zero-order valence-electron chi connectivity index (χ0n) is 20.3. The van der Waals surface area contributed by atoms with E-state index in [9.17, 15) is 4.79 Å². The van der Waals surface area contributed by atoms with Gasteiger partial charge >= 0.3 is 0 Å². The van der Waals surface area contributed by atoms with Crippen LogP contribution in [0.2, 0.25) is 0 Å². The van der Waals surface area contributed by atoms with Crippen molar-refractivity contribution < 1.29 is 14.6 Å². The Labute approximate surface area is 207 Å². The smallest absolute Gasteiger partial charge is 0.133 e. The lowest BCUT2D eigenvalue weighted by Crippen LogP contribution is -2.54. The first-order valence-electron chi connectivity index (χ1n) is 13.2. The van der Waals surface area contributed by atoms with Crippen LogP contribution in [0.1, 0.15) is 133 Å². The van der Waals surface area contributed by atoms with Crippen molar-refractivity contribution >= 4 is 5.78 Å². The van der Waals surface area contributed by atoms with Gasteiger partial charge in [0.15, 0.2) is 0 Å². The highest BCUT2D eigenvalue weighted by atomic mass is 16.5. The van der Waals surface area contributed by atoms with Crippen LogP contribution in [0.4, 0.5) is 0 Å². The summed E-state index contributed by atoms with van der Waals surface area (Å²) < 4.78 is 6.47. The molecule has 0 heterocycles. The Morgan fingerprint density at radius 3 is 2.21 bits per heavy atom. The Bertz CT molecular complexity index is 561. The third-order valence-corrected chi connectivity index (χ3v) is 9.77. The number of rotatable bonds is 7. The number of hydrogen-bond donors (Lipinski definition) is 1. The quantitative estimate of drug-likeness (QED) is 0.381. The number of aliphatic hydroxyl groups is 1. The van der Waals surface area contributed by atoms with Gasteiger partial charge in [-0.15, -0.1) is 0 Å². The summed E-state index contributed by atoms with van der Waals surface area (Å²) in [5, 5.41) is 8.91. The average molecular weight is 469 g/mol. The van der Waals surface area contributed by atoms with Gasteiger partial charge in [0.25, 0.3) is 0 Å². The Morgan fingerprint density at radius 2 is 1.52 bits per heavy atom. The predicted molar refractivity (Wildman–Crippen MR) is 144 cm³/mol. The van der Waals surface area contributed by atoms with Crippen molar-refractivity contribution in [2.45, 2.75) is 140 Å². The number of ether oxygens (including phenoxy) is 1. The highest BCUT2D eigenvalue weighted by molar-refractivity contribution is 5.79. The number of carbonyl (C=O) groups excluding carboxylic acids is 1. The second kappa shape index (κ2) is 14.2. The van der Waals surface area contributed by atoms with Gasteiger partial charge < -0.3 is 9.84 Å². The third-order valence-electron chi connectivity index (χ3n) is 9.77. The van der Waals surface area contributed by atoms with Crippen LogP contribution in [-0.4, -0.2) is 30.2 Å². The fourth-order valence-electron chi connectivity index (χ4n) is 8.06. The molecule has 4 aliphatic carbocycles. The number of carbonyl (C=O) groups is 1. The number of fused-ring (bicyclic) bond motifs is 5. The Morgan fingerprint density at radius 1 is 0.848 bits per heavy atom. The third kappa shape index (κ3) is 6.43. The molecule has 7 unspecified atom stereocenters. The highest BCUT2D eigenvalue weighted by Crippen LogP contribution is 2.66. The lowest BCUT2D eigenvalue weighted by atomic mass is 9.45. The lowest BCUT2D eigenvalue weighted by molar-refractivity contribution is -0.145. The van der Waals surface area contributed by atoms with Gasteiger partial charge in [0.1, 0.15) is 5.78 Å². The van der Waals surface area contributed by atoms with Crippen molar-refractivity contribution in [2.75, 3.05) is 13.2 Å². The first-order chi connectivity index (χ1) is 14.5. The SMILES string of the molecule is C.C.C.CC.CC12CCC(=O)CC1CCC1C2CCC2(C)C(OCCCCCCO)CCC12. The Kier molecular flexibility index (Phi) is 14.0. The van der Waals surface area contributed by atoms with Crippen molar-refractivity contribution in [3.05, 3.63) is 0 Å². The molecule has 0 aromatic heterocycles. The van der Waals surface area contributed by atoms with Crippen molar-refractivity contribution in [1.82, 2.24) is 0 Å². The van der Waals surface area contributed by atoms with Gasteiger partial charge in [-0.05, 0) is 92.3 Å². The first-order valence-corrected chi connectivity index (χ1v) is 13.2. The van der Waals surface area contributed by atoms with Gasteiger partial charge in [0, 0.05) is 26.1 Å². The summed E-state index contributed by atoms with van der Waals surface area (Å²) in [6.07, 6.45) is 15.6. The summed E-state index contributed by atoms with van der Waals surface area (Å²) in [6.45, 7) is 10.3.